The Labute approximate surface area is 161 Å². The maximum absolute atomic E-state index is 12.5. The number of fused-ring (bicyclic) bond motifs is 1. The number of aliphatic carboxylic acids is 1. The summed E-state index contributed by atoms with van der Waals surface area (Å²) in [4.78, 5) is 10.9. The monoisotopic (exact) mass is 411 g/mol. The van der Waals surface area contributed by atoms with E-state index in [9.17, 15) is 13.2 Å². The van der Waals surface area contributed by atoms with Gasteiger partial charge in [0.25, 0.3) is 0 Å². The van der Waals surface area contributed by atoms with Crippen LogP contribution in [0.4, 0.5) is 0 Å². The summed E-state index contributed by atoms with van der Waals surface area (Å²) in [6.07, 6.45) is 0.624. The van der Waals surface area contributed by atoms with E-state index in [1.165, 1.54) is 24.3 Å². The number of carboxylic acid groups (broad SMARTS) is 1. The van der Waals surface area contributed by atoms with Crippen LogP contribution in [0.15, 0.2) is 47.4 Å². The smallest absolute Gasteiger partial charge is 0.341 e. The van der Waals surface area contributed by atoms with Gasteiger partial charge < -0.3 is 14.6 Å². The number of ether oxygens (including phenoxy) is 2. The van der Waals surface area contributed by atoms with Crippen molar-refractivity contribution >= 4 is 27.6 Å². The van der Waals surface area contributed by atoms with Gasteiger partial charge in [-0.25, -0.2) is 17.9 Å². The Morgan fingerprint density at radius 2 is 2.00 bits per heavy atom. The molecule has 2 aromatic carbocycles. The molecule has 27 heavy (non-hydrogen) atoms. The summed E-state index contributed by atoms with van der Waals surface area (Å²) < 4.78 is 38.4. The van der Waals surface area contributed by atoms with Gasteiger partial charge in [0, 0.05) is 23.0 Å². The number of nitrogens with one attached hydrogen (secondary N) is 1. The van der Waals surface area contributed by atoms with Gasteiger partial charge in [-0.3, -0.25) is 0 Å². The zero-order valence-corrected chi connectivity index (χ0v) is 15.8. The number of sulfonamides is 1. The third-order valence-electron chi connectivity index (χ3n) is 4.16. The molecule has 9 heteroatoms. The minimum absolute atomic E-state index is 0.121. The summed E-state index contributed by atoms with van der Waals surface area (Å²) in [5, 5.41) is 9.24. The number of rotatable bonds is 7. The molecule has 0 saturated heterocycles. The molecule has 1 atom stereocenters. The van der Waals surface area contributed by atoms with Gasteiger partial charge in [0.2, 0.25) is 10.0 Å². The fourth-order valence-corrected chi connectivity index (χ4v) is 4.05. The predicted molar refractivity (Wildman–Crippen MR) is 99.1 cm³/mol. The molecule has 0 spiro atoms. The lowest BCUT2D eigenvalue weighted by Crippen LogP contribution is -2.31. The largest absolute Gasteiger partial charge is 0.489 e. The summed E-state index contributed by atoms with van der Waals surface area (Å²) >= 11 is 5.80. The van der Waals surface area contributed by atoms with Crippen molar-refractivity contribution in [1.82, 2.24) is 4.72 Å². The lowest BCUT2D eigenvalue weighted by molar-refractivity contribution is -0.139. The quantitative estimate of drug-likeness (QED) is 0.726. The van der Waals surface area contributed by atoms with Gasteiger partial charge in [-0.05, 0) is 36.8 Å². The Bertz CT molecular complexity index is 929. The molecular formula is C18H18ClNO6S. The number of halogens is 1. The van der Waals surface area contributed by atoms with E-state index in [4.69, 9.17) is 26.2 Å². The van der Waals surface area contributed by atoms with Crippen LogP contribution in [0.1, 0.15) is 17.9 Å². The highest BCUT2D eigenvalue weighted by Gasteiger charge is 2.26. The molecule has 2 N–H and O–H groups in total. The molecule has 3 rings (SSSR count). The normalized spacial score (nSPS) is 16.3. The highest BCUT2D eigenvalue weighted by atomic mass is 35.5. The number of carboxylic acids is 1. The van der Waals surface area contributed by atoms with Crippen molar-refractivity contribution in [3.63, 3.8) is 0 Å². The van der Waals surface area contributed by atoms with Crippen molar-refractivity contribution in [1.29, 1.82) is 0 Å². The number of para-hydroxylation sites is 1. The van der Waals surface area contributed by atoms with Crippen molar-refractivity contribution in [2.75, 3.05) is 19.8 Å². The molecule has 7 nitrogen and oxygen atoms in total. The molecule has 0 fully saturated rings. The van der Waals surface area contributed by atoms with Gasteiger partial charge in [-0.2, -0.15) is 0 Å². The van der Waals surface area contributed by atoms with E-state index in [1.807, 2.05) is 6.07 Å². The molecule has 144 valence electrons. The highest BCUT2D eigenvalue weighted by Crippen LogP contribution is 2.40. The first kappa shape index (κ1) is 19.5. The molecule has 0 bridgehead atoms. The molecule has 0 radical (unpaired) electrons. The fraction of sp³-hybridized carbons (Fsp3) is 0.278. The van der Waals surface area contributed by atoms with Gasteiger partial charge in [0.05, 0.1) is 11.5 Å². The van der Waals surface area contributed by atoms with E-state index in [0.717, 1.165) is 5.56 Å². The summed E-state index contributed by atoms with van der Waals surface area (Å²) in [5.74, 6) is -0.416. The molecular weight excluding hydrogens is 394 g/mol. The van der Waals surface area contributed by atoms with Crippen molar-refractivity contribution in [2.45, 2.75) is 17.2 Å². The van der Waals surface area contributed by atoms with Crippen molar-refractivity contribution in [3.8, 4) is 11.5 Å². The standard InChI is InChI=1S/C18H18ClNO6S/c19-13-4-6-14(7-5-13)27(23,24)20-10-12-8-9-25-18-15(12)2-1-3-16(18)26-11-17(21)22/h1-7,12,20H,8-11H2,(H,21,22). The summed E-state index contributed by atoms with van der Waals surface area (Å²) in [6, 6.07) is 11.1. The molecule has 1 aliphatic heterocycles. The highest BCUT2D eigenvalue weighted by molar-refractivity contribution is 7.89. The maximum Gasteiger partial charge on any atom is 0.341 e. The van der Waals surface area contributed by atoms with Crippen LogP contribution in [-0.4, -0.2) is 39.3 Å². The van der Waals surface area contributed by atoms with E-state index in [0.29, 0.717) is 29.5 Å². The number of benzene rings is 2. The SMILES string of the molecule is O=C(O)COc1cccc2c1OCCC2CNS(=O)(=O)c1ccc(Cl)cc1. The zero-order chi connectivity index (χ0) is 19.4. The molecule has 1 heterocycles. The molecule has 0 aromatic heterocycles. The number of hydrogen-bond donors (Lipinski definition) is 2. The second-order valence-electron chi connectivity index (χ2n) is 6.00. The first-order valence-electron chi connectivity index (χ1n) is 8.22. The number of hydrogen-bond acceptors (Lipinski definition) is 5. The van der Waals surface area contributed by atoms with Gasteiger partial charge in [0.15, 0.2) is 18.1 Å². The Kier molecular flexibility index (Phi) is 5.88. The second kappa shape index (κ2) is 8.16. The molecule has 0 amide bonds. The van der Waals surface area contributed by atoms with E-state index < -0.39 is 22.6 Å². The Morgan fingerprint density at radius 1 is 1.26 bits per heavy atom. The molecule has 0 saturated carbocycles. The lowest BCUT2D eigenvalue weighted by atomic mass is 9.93. The second-order valence-corrected chi connectivity index (χ2v) is 8.20. The lowest BCUT2D eigenvalue weighted by Gasteiger charge is -2.27. The van der Waals surface area contributed by atoms with Crippen molar-refractivity contribution in [3.05, 3.63) is 53.1 Å². The summed E-state index contributed by atoms with van der Waals surface area (Å²) in [7, 11) is -3.67. The topological polar surface area (TPSA) is 102 Å². The van der Waals surface area contributed by atoms with Crippen LogP contribution in [-0.2, 0) is 14.8 Å². The van der Waals surface area contributed by atoms with E-state index >= 15 is 0 Å². The Balaban J connectivity index is 1.75. The molecule has 1 aliphatic rings. The first-order chi connectivity index (χ1) is 12.9. The third-order valence-corrected chi connectivity index (χ3v) is 5.85. The Morgan fingerprint density at radius 3 is 2.70 bits per heavy atom. The van der Waals surface area contributed by atoms with E-state index in [1.54, 1.807) is 12.1 Å². The van der Waals surface area contributed by atoms with Crippen LogP contribution >= 0.6 is 11.6 Å². The van der Waals surface area contributed by atoms with Gasteiger partial charge in [0.1, 0.15) is 0 Å². The predicted octanol–water partition coefficient (Wildman–Crippen LogP) is 2.65. The fourth-order valence-electron chi connectivity index (χ4n) is 2.84. The van der Waals surface area contributed by atoms with Gasteiger partial charge in [-0.1, -0.05) is 23.7 Å². The molecule has 0 aliphatic carbocycles. The number of carbonyl (C=O) groups is 1. The van der Waals surface area contributed by atoms with Crippen LogP contribution in [0, 0.1) is 0 Å². The van der Waals surface area contributed by atoms with Crippen LogP contribution in [0.5, 0.6) is 11.5 Å². The summed E-state index contributed by atoms with van der Waals surface area (Å²) in [5.41, 5.74) is 0.781. The average molecular weight is 412 g/mol. The average Bonchev–Trinajstić information content (AvgIpc) is 2.65. The molecule has 1 unspecified atom stereocenters. The van der Waals surface area contributed by atoms with Crippen LogP contribution in [0.25, 0.3) is 0 Å². The minimum Gasteiger partial charge on any atom is -0.489 e. The summed E-state index contributed by atoms with van der Waals surface area (Å²) in [6.45, 7) is 0.0885. The first-order valence-corrected chi connectivity index (χ1v) is 10.1. The van der Waals surface area contributed by atoms with Gasteiger partial charge in [-0.15, -0.1) is 0 Å². The van der Waals surface area contributed by atoms with Crippen LogP contribution < -0.4 is 14.2 Å². The third kappa shape index (κ3) is 4.71. The van der Waals surface area contributed by atoms with Gasteiger partial charge >= 0.3 is 5.97 Å². The van der Waals surface area contributed by atoms with E-state index in [2.05, 4.69) is 4.72 Å². The minimum atomic E-state index is -3.67. The van der Waals surface area contributed by atoms with Crippen LogP contribution in [0.2, 0.25) is 5.02 Å². The maximum atomic E-state index is 12.5. The molecule has 2 aromatic rings. The van der Waals surface area contributed by atoms with Crippen molar-refractivity contribution < 1.29 is 27.8 Å². The van der Waals surface area contributed by atoms with E-state index in [-0.39, 0.29) is 17.4 Å². The van der Waals surface area contributed by atoms with Crippen molar-refractivity contribution in [2.24, 2.45) is 0 Å². The van der Waals surface area contributed by atoms with Crippen LogP contribution in [0.3, 0.4) is 0 Å². The Hall–Kier alpha value is -2.29. The zero-order valence-electron chi connectivity index (χ0n) is 14.2.